The monoisotopic (exact) mass is 436 g/mol. The van der Waals surface area contributed by atoms with Crippen LogP contribution in [0.15, 0.2) is 60.9 Å². The lowest BCUT2D eigenvalue weighted by molar-refractivity contribution is -0.116. The van der Waals surface area contributed by atoms with Crippen molar-refractivity contribution in [2.75, 3.05) is 31.3 Å². The van der Waals surface area contributed by atoms with E-state index < -0.39 is 0 Å². The second-order valence-electron chi connectivity index (χ2n) is 9.27. The second kappa shape index (κ2) is 11.5. The zero-order valence-electron chi connectivity index (χ0n) is 19.9. The van der Waals surface area contributed by atoms with E-state index in [0.717, 1.165) is 30.8 Å². The lowest BCUT2D eigenvalue weighted by atomic mass is 9.87. The Morgan fingerprint density at radius 2 is 1.44 bits per heavy atom. The molecule has 6 nitrogen and oxygen atoms in total. The van der Waals surface area contributed by atoms with Crippen LogP contribution in [-0.2, 0) is 10.2 Å². The van der Waals surface area contributed by atoms with Crippen LogP contribution in [0.1, 0.15) is 56.0 Å². The van der Waals surface area contributed by atoms with Crippen LogP contribution in [-0.4, -0.2) is 37.4 Å². The molecule has 172 valence electrons. The van der Waals surface area contributed by atoms with Gasteiger partial charge in [-0.2, -0.15) is 0 Å². The van der Waals surface area contributed by atoms with Crippen molar-refractivity contribution in [3.8, 4) is 0 Å². The van der Waals surface area contributed by atoms with Crippen LogP contribution < -0.4 is 16.0 Å². The molecular weight excluding hydrogens is 400 g/mol. The first-order valence-corrected chi connectivity index (χ1v) is 11.0. The predicted octanol–water partition coefficient (Wildman–Crippen LogP) is 4.97. The largest absolute Gasteiger partial charge is 0.342 e. The Bertz CT molecular complexity index is 910. The van der Waals surface area contributed by atoms with Gasteiger partial charge in [0.25, 0.3) is 5.91 Å². The SMILES string of the molecule is C=C(NC(=O)c1ccc(C(C)(C)C)cc1)Nc1ccc(NC(=O)CCCCN(C)C)cc1. The van der Waals surface area contributed by atoms with E-state index in [2.05, 4.69) is 48.2 Å². The molecule has 0 aromatic heterocycles. The summed E-state index contributed by atoms with van der Waals surface area (Å²) in [5.74, 6) is 0.173. The molecule has 0 spiro atoms. The van der Waals surface area contributed by atoms with Crippen molar-refractivity contribution < 1.29 is 9.59 Å². The predicted molar refractivity (Wildman–Crippen MR) is 133 cm³/mol. The average Bonchev–Trinajstić information content (AvgIpc) is 2.72. The van der Waals surface area contributed by atoms with Gasteiger partial charge in [-0.15, -0.1) is 0 Å². The lowest BCUT2D eigenvalue weighted by Gasteiger charge is -2.19. The van der Waals surface area contributed by atoms with Crippen molar-refractivity contribution in [1.29, 1.82) is 0 Å². The summed E-state index contributed by atoms with van der Waals surface area (Å²) in [6.45, 7) is 11.3. The highest BCUT2D eigenvalue weighted by Gasteiger charge is 2.14. The van der Waals surface area contributed by atoms with Gasteiger partial charge in [0, 0.05) is 23.4 Å². The Balaban J connectivity index is 1.81. The molecular formula is C26H36N4O2. The minimum absolute atomic E-state index is 0.0126. The van der Waals surface area contributed by atoms with Crippen LogP contribution in [0.3, 0.4) is 0 Å². The molecule has 6 heteroatoms. The molecule has 2 rings (SSSR count). The Morgan fingerprint density at radius 1 is 0.875 bits per heavy atom. The fourth-order valence-electron chi connectivity index (χ4n) is 3.11. The van der Waals surface area contributed by atoms with Crippen molar-refractivity contribution in [2.24, 2.45) is 0 Å². The number of hydrogen-bond acceptors (Lipinski definition) is 4. The molecule has 32 heavy (non-hydrogen) atoms. The molecule has 0 saturated carbocycles. The number of rotatable bonds is 10. The molecule has 0 radical (unpaired) electrons. The summed E-state index contributed by atoms with van der Waals surface area (Å²) in [7, 11) is 4.06. The van der Waals surface area contributed by atoms with Gasteiger partial charge in [-0.1, -0.05) is 39.5 Å². The standard InChI is InChI=1S/C26H36N4O2/c1-19(28-25(32)20-10-12-21(13-11-20)26(2,3)4)27-22-14-16-23(17-15-22)29-24(31)9-7-8-18-30(5)6/h10-17,27H,1,7-9,18H2,2-6H3,(H,28,32)(H,29,31). The fourth-order valence-corrected chi connectivity index (χ4v) is 3.11. The first kappa shape index (κ1) is 25.1. The van der Waals surface area contributed by atoms with Crippen LogP contribution >= 0.6 is 0 Å². The minimum atomic E-state index is -0.221. The maximum absolute atomic E-state index is 12.5. The van der Waals surface area contributed by atoms with Crippen molar-refractivity contribution >= 4 is 23.2 Å². The number of benzene rings is 2. The van der Waals surface area contributed by atoms with Gasteiger partial charge in [0.2, 0.25) is 5.91 Å². The molecule has 2 aromatic rings. The van der Waals surface area contributed by atoms with Gasteiger partial charge in [0.15, 0.2) is 0 Å². The van der Waals surface area contributed by atoms with E-state index in [4.69, 9.17) is 0 Å². The van der Waals surface area contributed by atoms with Crippen molar-refractivity contribution in [3.63, 3.8) is 0 Å². The number of anilines is 2. The summed E-state index contributed by atoms with van der Waals surface area (Å²) in [5, 5.41) is 8.74. The van der Waals surface area contributed by atoms with E-state index in [1.807, 2.05) is 62.6 Å². The average molecular weight is 437 g/mol. The fraction of sp³-hybridized carbons (Fsp3) is 0.385. The van der Waals surface area contributed by atoms with Gasteiger partial charge >= 0.3 is 0 Å². The molecule has 3 N–H and O–H groups in total. The van der Waals surface area contributed by atoms with Gasteiger partial charge in [0.05, 0.1) is 0 Å². The van der Waals surface area contributed by atoms with Crippen LogP contribution in [0.2, 0.25) is 0 Å². The third-order valence-electron chi connectivity index (χ3n) is 5.00. The third kappa shape index (κ3) is 8.55. The lowest BCUT2D eigenvalue weighted by Crippen LogP contribution is -2.26. The van der Waals surface area contributed by atoms with E-state index in [-0.39, 0.29) is 17.2 Å². The zero-order chi connectivity index (χ0) is 23.7. The molecule has 0 heterocycles. The van der Waals surface area contributed by atoms with E-state index in [1.54, 1.807) is 0 Å². The van der Waals surface area contributed by atoms with Gasteiger partial charge in [-0.25, -0.2) is 0 Å². The Kier molecular flexibility index (Phi) is 9.02. The maximum Gasteiger partial charge on any atom is 0.256 e. The summed E-state index contributed by atoms with van der Waals surface area (Å²) in [4.78, 5) is 26.6. The smallest absolute Gasteiger partial charge is 0.256 e. The van der Waals surface area contributed by atoms with E-state index >= 15 is 0 Å². The molecule has 0 bridgehead atoms. The van der Waals surface area contributed by atoms with E-state index in [0.29, 0.717) is 17.8 Å². The molecule has 2 aromatic carbocycles. The molecule has 2 amide bonds. The topological polar surface area (TPSA) is 73.5 Å². The third-order valence-corrected chi connectivity index (χ3v) is 5.00. The Hall–Kier alpha value is -3.12. The van der Waals surface area contributed by atoms with Crippen LogP contribution in [0.25, 0.3) is 0 Å². The van der Waals surface area contributed by atoms with Gasteiger partial charge in [-0.3, -0.25) is 9.59 Å². The van der Waals surface area contributed by atoms with Gasteiger partial charge < -0.3 is 20.9 Å². The molecule has 0 aliphatic rings. The molecule has 0 unspecified atom stereocenters. The number of nitrogens with zero attached hydrogens (tertiary/aromatic N) is 1. The number of unbranched alkanes of at least 4 members (excludes halogenated alkanes) is 1. The highest BCUT2D eigenvalue weighted by molar-refractivity contribution is 5.95. The number of amides is 2. The summed E-state index contributed by atoms with van der Waals surface area (Å²) in [6.07, 6.45) is 2.37. The second-order valence-corrected chi connectivity index (χ2v) is 9.27. The Morgan fingerprint density at radius 3 is 1.97 bits per heavy atom. The number of carbonyl (C=O) groups is 2. The molecule has 0 fully saturated rings. The van der Waals surface area contributed by atoms with Crippen LogP contribution in [0, 0.1) is 0 Å². The Labute approximate surface area is 192 Å². The highest BCUT2D eigenvalue weighted by atomic mass is 16.2. The van der Waals surface area contributed by atoms with Crippen LogP contribution in [0.4, 0.5) is 11.4 Å². The summed E-state index contributed by atoms with van der Waals surface area (Å²) >= 11 is 0. The van der Waals surface area contributed by atoms with Crippen LogP contribution in [0.5, 0.6) is 0 Å². The number of nitrogens with one attached hydrogen (secondary N) is 3. The molecule has 0 aliphatic carbocycles. The zero-order valence-corrected chi connectivity index (χ0v) is 19.9. The first-order valence-electron chi connectivity index (χ1n) is 11.0. The summed E-state index contributed by atoms with van der Waals surface area (Å²) in [5.41, 5.74) is 3.29. The van der Waals surface area contributed by atoms with Gasteiger partial charge in [-0.05, 0) is 80.9 Å². The van der Waals surface area contributed by atoms with Gasteiger partial charge in [0.1, 0.15) is 5.82 Å². The first-order chi connectivity index (χ1) is 15.0. The minimum Gasteiger partial charge on any atom is -0.342 e. The van der Waals surface area contributed by atoms with Crippen molar-refractivity contribution in [1.82, 2.24) is 10.2 Å². The molecule has 0 saturated heterocycles. The number of hydrogen-bond donors (Lipinski definition) is 3. The maximum atomic E-state index is 12.5. The van der Waals surface area contributed by atoms with Crippen molar-refractivity contribution in [3.05, 3.63) is 72.1 Å². The normalized spacial score (nSPS) is 11.2. The highest BCUT2D eigenvalue weighted by Crippen LogP contribution is 2.22. The molecule has 0 atom stereocenters. The van der Waals surface area contributed by atoms with Crippen molar-refractivity contribution in [2.45, 2.75) is 45.4 Å². The summed E-state index contributed by atoms with van der Waals surface area (Å²) in [6, 6.07) is 14.9. The van der Waals surface area contributed by atoms with E-state index in [1.165, 1.54) is 5.56 Å². The number of carbonyl (C=O) groups excluding carboxylic acids is 2. The van der Waals surface area contributed by atoms with E-state index in [9.17, 15) is 9.59 Å². The summed E-state index contributed by atoms with van der Waals surface area (Å²) < 4.78 is 0. The molecule has 0 aliphatic heterocycles. The quantitative estimate of drug-likeness (QED) is 0.460.